The maximum Gasteiger partial charge on any atom is 0.234 e. The third-order valence-electron chi connectivity index (χ3n) is 3.34. The van der Waals surface area contributed by atoms with Gasteiger partial charge in [-0.25, -0.2) is 0 Å². The summed E-state index contributed by atoms with van der Waals surface area (Å²) in [6.45, 7) is 5.14. The minimum absolute atomic E-state index is 0.0386. The van der Waals surface area contributed by atoms with E-state index in [0.29, 0.717) is 6.54 Å². The van der Waals surface area contributed by atoms with Crippen molar-refractivity contribution in [2.24, 2.45) is 0 Å². The van der Waals surface area contributed by atoms with E-state index in [1.165, 1.54) is 0 Å². The lowest BCUT2D eigenvalue weighted by molar-refractivity contribution is -0.120. The van der Waals surface area contributed by atoms with Crippen LogP contribution in [0.2, 0.25) is 0 Å². The van der Waals surface area contributed by atoms with Crippen LogP contribution < -0.4 is 20.1 Å². The van der Waals surface area contributed by atoms with Gasteiger partial charge in [0.15, 0.2) is 11.5 Å². The van der Waals surface area contributed by atoms with Crippen molar-refractivity contribution in [3.05, 3.63) is 23.8 Å². The lowest BCUT2D eigenvalue weighted by Crippen LogP contribution is -2.39. The van der Waals surface area contributed by atoms with Gasteiger partial charge in [-0.1, -0.05) is 13.0 Å². The van der Waals surface area contributed by atoms with Gasteiger partial charge >= 0.3 is 0 Å². The van der Waals surface area contributed by atoms with Crippen molar-refractivity contribution in [3.63, 3.8) is 0 Å². The van der Waals surface area contributed by atoms with Crippen LogP contribution in [0.1, 0.15) is 25.8 Å². The SMILES string of the molecule is CCC(C)NC(=O)CNCCc1ccc(OC)c(OC)c1. The molecule has 0 aromatic heterocycles. The number of rotatable bonds is 9. The zero-order chi connectivity index (χ0) is 15.7. The summed E-state index contributed by atoms with van der Waals surface area (Å²) in [5.41, 5.74) is 1.14. The molecular weight excluding hydrogens is 268 g/mol. The summed E-state index contributed by atoms with van der Waals surface area (Å²) in [7, 11) is 3.24. The van der Waals surface area contributed by atoms with Gasteiger partial charge in [-0.3, -0.25) is 4.79 Å². The van der Waals surface area contributed by atoms with Crippen LogP contribution in [0.4, 0.5) is 0 Å². The molecule has 21 heavy (non-hydrogen) atoms. The van der Waals surface area contributed by atoms with Crippen LogP contribution in [-0.2, 0) is 11.2 Å². The highest BCUT2D eigenvalue weighted by atomic mass is 16.5. The van der Waals surface area contributed by atoms with Crippen LogP contribution in [0.5, 0.6) is 11.5 Å². The fourth-order valence-electron chi connectivity index (χ4n) is 1.90. The van der Waals surface area contributed by atoms with Crippen LogP contribution in [0.15, 0.2) is 18.2 Å². The van der Waals surface area contributed by atoms with Gasteiger partial charge in [0.2, 0.25) is 5.91 Å². The molecule has 0 bridgehead atoms. The zero-order valence-electron chi connectivity index (χ0n) is 13.4. The van der Waals surface area contributed by atoms with E-state index >= 15 is 0 Å². The molecule has 1 aromatic carbocycles. The Labute approximate surface area is 127 Å². The van der Waals surface area contributed by atoms with Crippen molar-refractivity contribution < 1.29 is 14.3 Å². The quantitative estimate of drug-likeness (QED) is 0.681. The third-order valence-corrected chi connectivity index (χ3v) is 3.34. The fourth-order valence-corrected chi connectivity index (χ4v) is 1.90. The van der Waals surface area contributed by atoms with Crippen LogP contribution in [0.25, 0.3) is 0 Å². The molecule has 0 saturated heterocycles. The lowest BCUT2D eigenvalue weighted by atomic mass is 10.1. The van der Waals surface area contributed by atoms with Crippen LogP contribution in [0.3, 0.4) is 0 Å². The fraction of sp³-hybridized carbons (Fsp3) is 0.562. The first-order valence-corrected chi connectivity index (χ1v) is 7.31. The number of benzene rings is 1. The van der Waals surface area contributed by atoms with E-state index < -0.39 is 0 Å². The Morgan fingerprint density at radius 2 is 1.95 bits per heavy atom. The predicted octanol–water partition coefficient (Wildman–Crippen LogP) is 1.75. The zero-order valence-corrected chi connectivity index (χ0v) is 13.4. The van der Waals surface area contributed by atoms with Gasteiger partial charge in [-0.2, -0.15) is 0 Å². The highest BCUT2D eigenvalue weighted by Gasteiger charge is 2.06. The smallest absolute Gasteiger partial charge is 0.234 e. The Bertz CT molecular complexity index is 449. The Kier molecular flexibility index (Phi) is 7.61. The minimum atomic E-state index is 0.0386. The maximum atomic E-state index is 11.6. The van der Waals surface area contributed by atoms with Crippen molar-refractivity contribution in [2.75, 3.05) is 27.3 Å². The van der Waals surface area contributed by atoms with Crippen molar-refractivity contribution in [1.82, 2.24) is 10.6 Å². The van der Waals surface area contributed by atoms with Gasteiger partial charge in [0.25, 0.3) is 0 Å². The van der Waals surface area contributed by atoms with Crippen molar-refractivity contribution in [2.45, 2.75) is 32.7 Å². The topological polar surface area (TPSA) is 59.6 Å². The van der Waals surface area contributed by atoms with Crippen LogP contribution >= 0.6 is 0 Å². The number of hydrogen-bond donors (Lipinski definition) is 2. The third kappa shape index (κ3) is 6.04. The van der Waals surface area contributed by atoms with Crippen molar-refractivity contribution in [1.29, 1.82) is 0 Å². The molecular formula is C16H26N2O3. The van der Waals surface area contributed by atoms with E-state index in [0.717, 1.165) is 36.4 Å². The molecule has 1 rings (SSSR count). The molecule has 0 fully saturated rings. The normalized spacial score (nSPS) is 11.8. The summed E-state index contributed by atoms with van der Waals surface area (Å²) in [5, 5.41) is 6.07. The summed E-state index contributed by atoms with van der Waals surface area (Å²) in [4.78, 5) is 11.6. The van der Waals surface area contributed by atoms with Gasteiger partial charge in [0.1, 0.15) is 0 Å². The van der Waals surface area contributed by atoms with E-state index in [1.807, 2.05) is 25.1 Å². The van der Waals surface area contributed by atoms with Crippen molar-refractivity contribution >= 4 is 5.91 Å². The second kappa shape index (κ2) is 9.23. The number of nitrogens with one attached hydrogen (secondary N) is 2. The average Bonchev–Trinajstić information content (AvgIpc) is 2.51. The Balaban J connectivity index is 2.34. The number of methoxy groups -OCH3 is 2. The van der Waals surface area contributed by atoms with Crippen LogP contribution in [0, 0.1) is 0 Å². The maximum absolute atomic E-state index is 11.6. The minimum Gasteiger partial charge on any atom is -0.493 e. The van der Waals surface area contributed by atoms with E-state index in [2.05, 4.69) is 17.6 Å². The lowest BCUT2D eigenvalue weighted by Gasteiger charge is -2.12. The Morgan fingerprint density at radius 3 is 2.57 bits per heavy atom. The Morgan fingerprint density at radius 1 is 1.24 bits per heavy atom. The summed E-state index contributed by atoms with van der Waals surface area (Å²) >= 11 is 0. The molecule has 0 heterocycles. The van der Waals surface area contributed by atoms with Gasteiger partial charge in [0.05, 0.1) is 20.8 Å². The Hall–Kier alpha value is -1.75. The highest BCUT2D eigenvalue weighted by molar-refractivity contribution is 5.78. The molecule has 118 valence electrons. The molecule has 0 aliphatic heterocycles. The molecule has 5 heteroatoms. The molecule has 2 N–H and O–H groups in total. The molecule has 0 saturated carbocycles. The van der Waals surface area contributed by atoms with E-state index in [4.69, 9.17) is 9.47 Å². The summed E-state index contributed by atoms with van der Waals surface area (Å²) in [6.07, 6.45) is 1.77. The summed E-state index contributed by atoms with van der Waals surface area (Å²) in [6, 6.07) is 6.08. The van der Waals surface area contributed by atoms with Gasteiger partial charge in [0, 0.05) is 6.04 Å². The molecule has 0 aliphatic carbocycles. The van der Waals surface area contributed by atoms with E-state index in [1.54, 1.807) is 14.2 Å². The monoisotopic (exact) mass is 294 g/mol. The first-order chi connectivity index (χ1) is 10.1. The van der Waals surface area contributed by atoms with Crippen LogP contribution in [-0.4, -0.2) is 39.3 Å². The van der Waals surface area contributed by atoms with Gasteiger partial charge in [-0.15, -0.1) is 0 Å². The predicted molar refractivity (Wildman–Crippen MR) is 84.0 cm³/mol. The van der Waals surface area contributed by atoms with E-state index in [9.17, 15) is 4.79 Å². The number of carbonyl (C=O) groups excluding carboxylic acids is 1. The van der Waals surface area contributed by atoms with Gasteiger partial charge < -0.3 is 20.1 Å². The molecule has 0 aliphatic rings. The largest absolute Gasteiger partial charge is 0.493 e. The molecule has 0 spiro atoms. The molecule has 0 radical (unpaired) electrons. The molecule has 1 unspecified atom stereocenters. The molecule has 1 amide bonds. The molecule has 5 nitrogen and oxygen atoms in total. The first kappa shape index (κ1) is 17.3. The highest BCUT2D eigenvalue weighted by Crippen LogP contribution is 2.27. The first-order valence-electron chi connectivity index (χ1n) is 7.31. The van der Waals surface area contributed by atoms with Crippen molar-refractivity contribution in [3.8, 4) is 11.5 Å². The van der Waals surface area contributed by atoms with Gasteiger partial charge in [-0.05, 0) is 44.0 Å². The standard InChI is InChI=1S/C16H26N2O3/c1-5-12(2)18-16(19)11-17-9-8-13-6-7-14(20-3)15(10-13)21-4/h6-7,10,12,17H,5,8-9,11H2,1-4H3,(H,18,19). The number of amides is 1. The summed E-state index contributed by atoms with van der Waals surface area (Å²) < 4.78 is 10.5. The summed E-state index contributed by atoms with van der Waals surface area (Å²) in [5.74, 6) is 1.49. The average molecular weight is 294 g/mol. The second-order valence-electron chi connectivity index (χ2n) is 4.99. The molecule has 1 aromatic rings. The van der Waals surface area contributed by atoms with E-state index in [-0.39, 0.29) is 11.9 Å². The number of ether oxygens (including phenoxy) is 2. The second-order valence-corrected chi connectivity index (χ2v) is 4.99. The molecule has 1 atom stereocenters. The number of carbonyl (C=O) groups is 1. The number of hydrogen-bond acceptors (Lipinski definition) is 4.